The molecule has 0 radical (unpaired) electrons. The Morgan fingerprint density at radius 2 is 1.84 bits per heavy atom. The minimum atomic E-state index is 0.472. The molecular weight excluding hydrogens is 242 g/mol. The fourth-order valence-electron chi connectivity index (χ4n) is 1.90. The Hall–Kier alpha value is -1.26. The second kappa shape index (κ2) is 8.77. The molecule has 0 spiro atoms. The maximum atomic E-state index is 5.30. The summed E-state index contributed by atoms with van der Waals surface area (Å²) in [6, 6.07) is 6.52. The highest BCUT2D eigenvalue weighted by atomic mass is 16.5. The molecule has 1 rings (SSSR count). The van der Waals surface area contributed by atoms with Gasteiger partial charge in [0.05, 0.1) is 14.2 Å². The van der Waals surface area contributed by atoms with E-state index in [9.17, 15) is 0 Å². The van der Waals surface area contributed by atoms with Gasteiger partial charge < -0.3 is 19.5 Å². The van der Waals surface area contributed by atoms with Crippen molar-refractivity contribution in [2.75, 3.05) is 34.5 Å². The average Bonchev–Trinajstić information content (AvgIpc) is 2.44. The summed E-state index contributed by atoms with van der Waals surface area (Å²) in [5, 5.41) is 3.48. The second-order valence-electron chi connectivity index (χ2n) is 4.58. The number of nitrogens with one attached hydrogen (secondary N) is 1. The van der Waals surface area contributed by atoms with Crippen LogP contribution in [0.4, 0.5) is 0 Å². The molecule has 4 nitrogen and oxygen atoms in total. The normalized spacial score (nSPS) is 12.2. The lowest BCUT2D eigenvalue weighted by molar-refractivity contribution is 0.185. The average molecular weight is 267 g/mol. The predicted octanol–water partition coefficient (Wildman–Crippen LogP) is 2.26. The van der Waals surface area contributed by atoms with E-state index in [1.54, 1.807) is 21.3 Å². The Morgan fingerprint density at radius 3 is 2.47 bits per heavy atom. The van der Waals surface area contributed by atoms with Gasteiger partial charge in [0.1, 0.15) is 0 Å². The van der Waals surface area contributed by atoms with E-state index in [-0.39, 0.29) is 0 Å². The minimum absolute atomic E-state index is 0.472. The lowest BCUT2D eigenvalue weighted by atomic mass is 10.1. The SMILES string of the molecule is COCCC(C)NCCc1ccc(OC)c(OC)c1. The van der Waals surface area contributed by atoms with Gasteiger partial charge >= 0.3 is 0 Å². The van der Waals surface area contributed by atoms with Crippen LogP contribution in [-0.2, 0) is 11.2 Å². The van der Waals surface area contributed by atoms with Gasteiger partial charge in [0.2, 0.25) is 0 Å². The lowest BCUT2D eigenvalue weighted by Crippen LogP contribution is -2.29. The Balaban J connectivity index is 2.41. The summed E-state index contributed by atoms with van der Waals surface area (Å²) in [6.45, 7) is 3.92. The first-order valence-electron chi connectivity index (χ1n) is 6.64. The highest BCUT2D eigenvalue weighted by Crippen LogP contribution is 2.27. The molecule has 0 aromatic heterocycles. The zero-order valence-corrected chi connectivity index (χ0v) is 12.4. The van der Waals surface area contributed by atoms with E-state index >= 15 is 0 Å². The molecule has 0 saturated heterocycles. The molecule has 1 atom stereocenters. The molecular formula is C15H25NO3. The van der Waals surface area contributed by atoms with Gasteiger partial charge in [-0.15, -0.1) is 0 Å². The topological polar surface area (TPSA) is 39.7 Å². The molecule has 19 heavy (non-hydrogen) atoms. The summed E-state index contributed by atoms with van der Waals surface area (Å²) in [5.74, 6) is 1.56. The largest absolute Gasteiger partial charge is 0.493 e. The van der Waals surface area contributed by atoms with Crippen molar-refractivity contribution in [3.8, 4) is 11.5 Å². The summed E-state index contributed by atoms with van der Waals surface area (Å²) in [5.41, 5.74) is 1.24. The fraction of sp³-hybridized carbons (Fsp3) is 0.600. The summed E-state index contributed by atoms with van der Waals surface area (Å²) in [7, 11) is 5.04. The minimum Gasteiger partial charge on any atom is -0.493 e. The van der Waals surface area contributed by atoms with Crippen LogP contribution in [0.3, 0.4) is 0 Å². The highest BCUT2D eigenvalue weighted by molar-refractivity contribution is 5.42. The van der Waals surface area contributed by atoms with Crippen LogP contribution < -0.4 is 14.8 Å². The van der Waals surface area contributed by atoms with Crippen molar-refractivity contribution in [1.29, 1.82) is 0 Å². The summed E-state index contributed by atoms with van der Waals surface area (Å²) < 4.78 is 15.6. The molecule has 0 amide bonds. The molecule has 1 aromatic rings. The van der Waals surface area contributed by atoms with Crippen molar-refractivity contribution in [3.63, 3.8) is 0 Å². The number of methoxy groups -OCH3 is 3. The van der Waals surface area contributed by atoms with Crippen molar-refractivity contribution in [2.24, 2.45) is 0 Å². The van der Waals surface area contributed by atoms with E-state index < -0.39 is 0 Å². The van der Waals surface area contributed by atoms with E-state index in [0.717, 1.165) is 37.5 Å². The van der Waals surface area contributed by atoms with E-state index in [1.807, 2.05) is 12.1 Å². The van der Waals surface area contributed by atoms with Crippen molar-refractivity contribution < 1.29 is 14.2 Å². The van der Waals surface area contributed by atoms with Crippen LogP contribution >= 0.6 is 0 Å². The van der Waals surface area contributed by atoms with Crippen molar-refractivity contribution >= 4 is 0 Å². The van der Waals surface area contributed by atoms with Crippen molar-refractivity contribution in [2.45, 2.75) is 25.8 Å². The number of ether oxygens (including phenoxy) is 3. The third-order valence-corrected chi connectivity index (χ3v) is 3.11. The van der Waals surface area contributed by atoms with Gasteiger partial charge in [-0.3, -0.25) is 0 Å². The lowest BCUT2D eigenvalue weighted by Gasteiger charge is -2.14. The highest BCUT2D eigenvalue weighted by Gasteiger charge is 2.05. The maximum absolute atomic E-state index is 5.30. The standard InChI is InChI=1S/C15H25NO3/c1-12(8-10-17-2)16-9-7-13-5-6-14(18-3)15(11-13)19-4/h5-6,11-12,16H,7-10H2,1-4H3. The van der Waals surface area contributed by atoms with E-state index in [2.05, 4.69) is 18.3 Å². The molecule has 4 heteroatoms. The molecule has 1 aromatic carbocycles. The Kier molecular flexibility index (Phi) is 7.30. The van der Waals surface area contributed by atoms with Crippen LogP contribution in [0.5, 0.6) is 11.5 Å². The smallest absolute Gasteiger partial charge is 0.160 e. The first kappa shape index (κ1) is 15.8. The van der Waals surface area contributed by atoms with E-state index in [0.29, 0.717) is 6.04 Å². The zero-order valence-electron chi connectivity index (χ0n) is 12.4. The molecule has 0 bridgehead atoms. The maximum Gasteiger partial charge on any atom is 0.160 e. The molecule has 0 saturated carbocycles. The first-order chi connectivity index (χ1) is 9.21. The molecule has 0 aliphatic rings. The van der Waals surface area contributed by atoms with Gasteiger partial charge in [-0.25, -0.2) is 0 Å². The van der Waals surface area contributed by atoms with Gasteiger partial charge in [-0.05, 0) is 44.0 Å². The van der Waals surface area contributed by atoms with Gasteiger partial charge in [-0.1, -0.05) is 6.07 Å². The van der Waals surface area contributed by atoms with Crippen LogP contribution in [0.1, 0.15) is 18.9 Å². The van der Waals surface area contributed by atoms with Crippen LogP contribution in [-0.4, -0.2) is 40.5 Å². The van der Waals surface area contributed by atoms with Gasteiger partial charge in [0.15, 0.2) is 11.5 Å². The molecule has 0 heterocycles. The first-order valence-corrected chi connectivity index (χ1v) is 6.64. The molecule has 0 fully saturated rings. The van der Waals surface area contributed by atoms with E-state index in [4.69, 9.17) is 14.2 Å². The van der Waals surface area contributed by atoms with Gasteiger partial charge in [0.25, 0.3) is 0 Å². The van der Waals surface area contributed by atoms with E-state index in [1.165, 1.54) is 5.56 Å². The Labute approximate surface area is 116 Å². The molecule has 1 N–H and O–H groups in total. The number of benzene rings is 1. The van der Waals surface area contributed by atoms with Crippen LogP contribution in [0.2, 0.25) is 0 Å². The molecule has 0 aliphatic carbocycles. The third kappa shape index (κ3) is 5.49. The van der Waals surface area contributed by atoms with Crippen molar-refractivity contribution in [3.05, 3.63) is 23.8 Å². The number of hydrogen-bond acceptors (Lipinski definition) is 4. The van der Waals surface area contributed by atoms with Crippen LogP contribution in [0.25, 0.3) is 0 Å². The van der Waals surface area contributed by atoms with Crippen LogP contribution in [0, 0.1) is 0 Å². The summed E-state index contributed by atoms with van der Waals surface area (Å²) in [4.78, 5) is 0. The predicted molar refractivity (Wildman–Crippen MR) is 77.2 cm³/mol. The summed E-state index contributed by atoms with van der Waals surface area (Å²) >= 11 is 0. The molecule has 0 aliphatic heterocycles. The van der Waals surface area contributed by atoms with Gasteiger partial charge in [0, 0.05) is 19.8 Å². The Morgan fingerprint density at radius 1 is 1.11 bits per heavy atom. The second-order valence-corrected chi connectivity index (χ2v) is 4.58. The molecule has 1 unspecified atom stereocenters. The zero-order chi connectivity index (χ0) is 14.1. The number of rotatable bonds is 9. The Bertz CT molecular complexity index is 368. The van der Waals surface area contributed by atoms with Crippen LogP contribution in [0.15, 0.2) is 18.2 Å². The van der Waals surface area contributed by atoms with Gasteiger partial charge in [-0.2, -0.15) is 0 Å². The third-order valence-electron chi connectivity index (χ3n) is 3.11. The summed E-state index contributed by atoms with van der Waals surface area (Å²) in [6.07, 6.45) is 2.00. The van der Waals surface area contributed by atoms with Crippen molar-refractivity contribution in [1.82, 2.24) is 5.32 Å². The fourth-order valence-corrected chi connectivity index (χ4v) is 1.90. The quantitative estimate of drug-likeness (QED) is 0.745. The number of hydrogen-bond donors (Lipinski definition) is 1. The monoisotopic (exact) mass is 267 g/mol. The molecule has 108 valence electrons.